The Kier molecular flexibility index (Phi) is 4.18. The molecule has 0 radical (unpaired) electrons. The molecule has 0 amide bonds. The topological polar surface area (TPSA) is 41.8 Å². The molecule has 0 saturated heterocycles. The van der Waals surface area contributed by atoms with E-state index in [0.717, 1.165) is 11.3 Å². The van der Waals surface area contributed by atoms with Gasteiger partial charge in [-0.1, -0.05) is 12.1 Å². The van der Waals surface area contributed by atoms with Crippen molar-refractivity contribution in [2.24, 2.45) is 4.99 Å². The van der Waals surface area contributed by atoms with Crippen molar-refractivity contribution in [1.82, 2.24) is 0 Å². The zero-order chi connectivity index (χ0) is 13.7. The SMILES string of the molecule is CCOc1cc(C=Nc2cccc(C)c2)ccc1O. The molecular formula is C16H17NO2. The van der Waals surface area contributed by atoms with Gasteiger partial charge in [0, 0.05) is 6.21 Å². The average molecular weight is 255 g/mol. The molecule has 0 saturated carbocycles. The highest BCUT2D eigenvalue weighted by molar-refractivity contribution is 5.83. The summed E-state index contributed by atoms with van der Waals surface area (Å²) in [6, 6.07) is 13.2. The molecule has 0 aliphatic rings. The third kappa shape index (κ3) is 3.58. The summed E-state index contributed by atoms with van der Waals surface area (Å²) in [5.41, 5.74) is 2.98. The van der Waals surface area contributed by atoms with Crippen LogP contribution in [-0.2, 0) is 0 Å². The van der Waals surface area contributed by atoms with Gasteiger partial charge in [0.25, 0.3) is 0 Å². The minimum absolute atomic E-state index is 0.148. The molecule has 3 heteroatoms. The van der Waals surface area contributed by atoms with E-state index in [1.54, 1.807) is 24.4 Å². The quantitative estimate of drug-likeness (QED) is 0.843. The Morgan fingerprint density at radius 2 is 2.05 bits per heavy atom. The number of ether oxygens (including phenoxy) is 1. The summed E-state index contributed by atoms with van der Waals surface area (Å²) in [4.78, 5) is 4.41. The van der Waals surface area contributed by atoms with Gasteiger partial charge >= 0.3 is 0 Å². The molecule has 0 spiro atoms. The fraction of sp³-hybridized carbons (Fsp3) is 0.188. The molecule has 2 rings (SSSR count). The first kappa shape index (κ1) is 13.1. The number of hydrogen-bond donors (Lipinski definition) is 1. The molecule has 0 heterocycles. The molecule has 0 bridgehead atoms. The molecule has 3 nitrogen and oxygen atoms in total. The maximum Gasteiger partial charge on any atom is 0.161 e. The van der Waals surface area contributed by atoms with Gasteiger partial charge in [-0.2, -0.15) is 0 Å². The van der Waals surface area contributed by atoms with Crippen molar-refractivity contribution in [3.8, 4) is 11.5 Å². The van der Waals surface area contributed by atoms with E-state index in [1.807, 2.05) is 38.1 Å². The Balaban J connectivity index is 2.21. The Bertz CT molecular complexity index is 591. The van der Waals surface area contributed by atoms with Crippen LogP contribution in [0.15, 0.2) is 47.5 Å². The highest BCUT2D eigenvalue weighted by Crippen LogP contribution is 2.26. The van der Waals surface area contributed by atoms with Gasteiger partial charge in [-0.25, -0.2) is 0 Å². The monoisotopic (exact) mass is 255 g/mol. The highest BCUT2D eigenvalue weighted by Gasteiger charge is 2.01. The van der Waals surface area contributed by atoms with Gasteiger partial charge in [0.15, 0.2) is 11.5 Å². The molecule has 0 fully saturated rings. The number of aliphatic imine (C=N–C) groups is 1. The molecule has 19 heavy (non-hydrogen) atoms. The largest absolute Gasteiger partial charge is 0.504 e. The number of nitrogens with zero attached hydrogens (tertiary/aromatic N) is 1. The molecule has 0 aliphatic heterocycles. The zero-order valence-electron chi connectivity index (χ0n) is 11.1. The molecule has 0 aromatic heterocycles. The molecule has 2 aromatic carbocycles. The predicted octanol–water partition coefficient (Wildman–Crippen LogP) is 3.85. The lowest BCUT2D eigenvalue weighted by Crippen LogP contribution is -1.93. The average Bonchev–Trinajstić information content (AvgIpc) is 2.40. The number of aryl methyl sites for hydroxylation is 1. The van der Waals surface area contributed by atoms with Crippen molar-refractivity contribution in [2.45, 2.75) is 13.8 Å². The van der Waals surface area contributed by atoms with Gasteiger partial charge in [-0.15, -0.1) is 0 Å². The van der Waals surface area contributed by atoms with E-state index in [2.05, 4.69) is 4.99 Å². The summed E-state index contributed by atoms with van der Waals surface area (Å²) in [5, 5.41) is 9.62. The first-order chi connectivity index (χ1) is 9.19. The van der Waals surface area contributed by atoms with Crippen molar-refractivity contribution in [2.75, 3.05) is 6.61 Å². The summed E-state index contributed by atoms with van der Waals surface area (Å²) in [6.07, 6.45) is 1.76. The number of hydrogen-bond acceptors (Lipinski definition) is 3. The van der Waals surface area contributed by atoms with Crippen LogP contribution in [0.2, 0.25) is 0 Å². The van der Waals surface area contributed by atoms with Gasteiger partial charge in [-0.3, -0.25) is 4.99 Å². The van der Waals surface area contributed by atoms with Crippen LogP contribution in [0.25, 0.3) is 0 Å². The van der Waals surface area contributed by atoms with Gasteiger partial charge < -0.3 is 9.84 Å². The molecule has 0 unspecified atom stereocenters. The second-order valence-electron chi connectivity index (χ2n) is 4.26. The number of benzene rings is 2. The Morgan fingerprint density at radius 1 is 1.21 bits per heavy atom. The van der Waals surface area contributed by atoms with Gasteiger partial charge in [0.1, 0.15) is 0 Å². The Labute approximate surface area is 113 Å². The second kappa shape index (κ2) is 6.05. The minimum atomic E-state index is 0.148. The van der Waals surface area contributed by atoms with Crippen LogP contribution in [0.3, 0.4) is 0 Å². The van der Waals surface area contributed by atoms with Crippen molar-refractivity contribution in [3.63, 3.8) is 0 Å². The number of phenols is 1. The van der Waals surface area contributed by atoms with E-state index in [4.69, 9.17) is 4.74 Å². The van der Waals surface area contributed by atoms with E-state index in [1.165, 1.54) is 5.56 Å². The molecule has 98 valence electrons. The molecular weight excluding hydrogens is 238 g/mol. The lowest BCUT2D eigenvalue weighted by molar-refractivity contribution is 0.318. The van der Waals surface area contributed by atoms with Gasteiger partial charge in [-0.05, 0) is 55.3 Å². The van der Waals surface area contributed by atoms with Gasteiger partial charge in [0.05, 0.1) is 12.3 Å². The lowest BCUT2D eigenvalue weighted by atomic mass is 10.2. The summed E-state index contributed by atoms with van der Waals surface area (Å²) in [5.74, 6) is 0.630. The van der Waals surface area contributed by atoms with E-state index < -0.39 is 0 Å². The summed E-state index contributed by atoms with van der Waals surface area (Å²) < 4.78 is 5.34. The van der Waals surface area contributed by atoms with Crippen LogP contribution in [0, 0.1) is 6.92 Å². The standard InChI is InChI=1S/C16H17NO2/c1-3-19-16-10-13(7-8-15(16)18)11-17-14-6-4-5-12(2)9-14/h4-11,18H,3H2,1-2H3. The zero-order valence-corrected chi connectivity index (χ0v) is 11.1. The third-order valence-electron chi connectivity index (χ3n) is 2.65. The van der Waals surface area contributed by atoms with E-state index in [9.17, 15) is 5.11 Å². The first-order valence-corrected chi connectivity index (χ1v) is 6.25. The fourth-order valence-corrected chi connectivity index (χ4v) is 1.74. The number of phenolic OH excluding ortho intramolecular Hbond substituents is 1. The van der Waals surface area contributed by atoms with Crippen LogP contribution < -0.4 is 4.74 Å². The first-order valence-electron chi connectivity index (χ1n) is 6.25. The van der Waals surface area contributed by atoms with Crippen LogP contribution >= 0.6 is 0 Å². The normalized spacial score (nSPS) is 10.8. The molecule has 0 aliphatic carbocycles. The van der Waals surface area contributed by atoms with Crippen LogP contribution in [-0.4, -0.2) is 17.9 Å². The van der Waals surface area contributed by atoms with E-state index in [0.29, 0.717) is 12.4 Å². The third-order valence-corrected chi connectivity index (χ3v) is 2.65. The van der Waals surface area contributed by atoms with Crippen molar-refractivity contribution >= 4 is 11.9 Å². The fourth-order valence-electron chi connectivity index (χ4n) is 1.74. The van der Waals surface area contributed by atoms with Crippen molar-refractivity contribution in [1.29, 1.82) is 0 Å². The highest BCUT2D eigenvalue weighted by atomic mass is 16.5. The van der Waals surface area contributed by atoms with Crippen molar-refractivity contribution < 1.29 is 9.84 Å². The summed E-state index contributed by atoms with van der Waals surface area (Å²) >= 11 is 0. The second-order valence-corrected chi connectivity index (χ2v) is 4.26. The Hall–Kier alpha value is -2.29. The van der Waals surface area contributed by atoms with Crippen molar-refractivity contribution in [3.05, 3.63) is 53.6 Å². The van der Waals surface area contributed by atoms with Crippen LogP contribution in [0.5, 0.6) is 11.5 Å². The minimum Gasteiger partial charge on any atom is -0.504 e. The molecule has 0 atom stereocenters. The lowest BCUT2D eigenvalue weighted by Gasteiger charge is -2.06. The van der Waals surface area contributed by atoms with Crippen LogP contribution in [0.1, 0.15) is 18.1 Å². The van der Waals surface area contributed by atoms with E-state index >= 15 is 0 Å². The predicted molar refractivity (Wildman–Crippen MR) is 77.7 cm³/mol. The number of rotatable bonds is 4. The molecule has 2 aromatic rings. The maximum absolute atomic E-state index is 9.62. The van der Waals surface area contributed by atoms with E-state index in [-0.39, 0.29) is 5.75 Å². The van der Waals surface area contributed by atoms with Gasteiger partial charge in [0.2, 0.25) is 0 Å². The Morgan fingerprint density at radius 3 is 2.79 bits per heavy atom. The number of aromatic hydroxyl groups is 1. The smallest absolute Gasteiger partial charge is 0.161 e. The van der Waals surface area contributed by atoms with Crippen LogP contribution in [0.4, 0.5) is 5.69 Å². The summed E-state index contributed by atoms with van der Waals surface area (Å²) in [6.45, 7) is 4.44. The molecule has 1 N–H and O–H groups in total. The summed E-state index contributed by atoms with van der Waals surface area (Å²) in [7, 11) is 0. The maximum atomic E-state index is 9.62.